The van der Waals surface area contributed by atoms with Gasteiger partial charge in [-0.3, -0.25) is 0 Å². The van der Waals surface area contributed by atoms with Crippen molar-refractivity contribution in [2.45, 2.75) is 52.5 Å². The molecule has 2 nitrogen and oxygen atoms in total. The Bertz CT molecular complexity index is 343. The van der Waals surface area contributed by atoms with Gasteiger partial charge in [-0.25, -0.2) is 4.98 Å². The van der Waals surface area contributed by atoms with Crippen LogP contribution in [-0.4, -0.2) is 17.6 Å². The molecule has 0 amide bonds. The summed E-state index contributed by atoms with van der Waals surface area (Å²) in [5.74, 6) is 0. The van der Waals surface area contributed by atoms with Crippen LogP contribution in [0.2, 0.25) is 0 Å². The van der Waals surface area contributed by atoms with Gasteiger partial charge in [0.05, 0.1) is 10.7 Å². The van der Waals surface area contributed by atoms with E-state index >= 15 is 0 Å². The Morgan fingerprint density at radius 3 is 2.81 bits per heavy atom. The number of aryl methyl sites for hydroxylation is 1. The SMILES string of the molecule is CCC(C)(CNC1CC1)Cc1csc(C)n1. The number of nitrogens with zero attached hydrogens (tertiary/aromatic N) is 1. The molecule has 16 heavy (non-hydrogen) atoms. The molecule has 0 saturated heterocycles. The van der Waals surface area contributed by atoms with Crippen molar-refractivity contribution in [2.75, 3.05) is 6.54 Å². The van der Waals surface area contributed by atoms with Crippen LogP contribution in [0.4, 0.5) is 0 Å². The van der Waals surface area contributed by atoms with E-state index < -0.39 is 0 Å². The summed E-state index contributed by atoms with van der Waals surface area (Å²) in [5.41, 5.74) is 1.63. The van der Waals surface area contributed by atoms with E-state index in [9.17, 15) is 0 Å². The van der Waals surface area contributed by atoms with E-state index in [1.54, 1.807) is 11.3 Å². The van der Waals surface area contributed by atoms with Crippen molar-refractivity contribution in [1.29, 1.82) is 0 Å². The standard InChI is InChI=1S/C13H22N2S/c1-4-13(3,9-14-11-5-6-11)7-12-8-16-10(2)15-12/h8,11,14H,4-7,9H2,1-3H3. The highest BCUT2D eigenvalue weighted by Crippen LogP contribution is 2.28. The maximum absolute atomic E-state index is 4.58. The summed E-state index contributed by atoms with van der Waals surface area (Å²) >= 11 is 1.76. The first-order valence-corrected chi connectivity index (χ1v) is 7.14. The first kappa shape index (κ1) is 12.1. The maximum atomic E-state index is 4.58. The van der Waals surface area contributed by atoms with E-state index in [4.69, 9.17) is 0 Å². The summed E-state index contributed by atoms with van der Waals surface area (Å²) in [7, 11) is 0. The molecule has 3 heteroatoms. The highest BCUT2D eigenvalue weighted by Gasteiger charge is 2.28. The van der Waals surface area contributed by atoms with Gasteiger partial charge in [0.2, 0.25) is 0 Å². The molecule has 1 unspecified atom stereocenters. The average Bonchev–Trinajstić information content (AvgIpc) is 3.01. The van der Waals surface area contributed by atoms with Crippen LogP contribution >= 0.6 is 11.3 Å². The van der Waals surface area contributed by atoms with Gasteiger partial charge >= 0.3 is 0 Å². The molecule has 1 fully saturated rings. The third-order valence-electron chi connectivity index (χ3n) is 3.52. The van der Waals surface area contributed by atoms with Gasteiger partial charge < -0.3 is 5.32 Å². The van der Waals surface area contributed by atoms with Gasteiger partial charge in [-0.05, 0) is 38.0 Å². The van der Waals surface area contributed by atoms with Gasteiger partial charge in [-0.2, -0.15) is 0 Å². The van der Waals surface area contributed by atoms with E-state index in [-0.39, 0.29) is 0 Å². The van der Waals surface area contributed by atoms with Gasteiger partial charge in [0.25, 0.3) is 0 Å². The van der Waals surface area contributed by atoms with Crippen LogP contribution < -0.4 is 5.32 Å². The third kappa shape index (κ3) is 3.29. The van der Waals surface area contributed by atoms with Crippen LogP contribution in [-0.2, 0) is 6.42 Å². The van der Waals surface area contributed by atoms with Crippen molar-refractivity contribution < 1.29 is 0 Å². The summed E-state index contributed by atoms with van der Waals surface area (Å²) in [6.45, 7) is 7.87. The van der Waals surface area contributed by atoms with E-state index in [1.165, 1.54) is 30.0 Å². The quantitative estimate of drug-likeness (QED) is 0.823. The molecule has 1 heterocycles. The molecule has 1 aromatic heterocycles. The summed E-state index contributed by atoms with van der Waals surface area (Å²) in [4.78, 5) is 4.58. The van der Waals surface area contributed by atoms with Crippen molar-refractivity contribution in [3.05, 3.63) is 16.1 Å². The number of thiazole rings is 1. The lowest BCUT2D eigenvalue weighted by atomic mass is 9.83. The van der Waals surface area contributed by atoms with Crippen LogP contribution in [0.3, 0.4) is 0 Å². The zero-order chi connectivity index (χ0) is 11.6. The second-order valence-corrected chi connectivity index (χ2v) is 6.42. The molecule has 0 bridgehead atoms. The molecule has 1 aliphatic carbocycles. The Hall–Kier alpha value is -0.410. The molecule has 0 radical (unpaired) electrons. The van der Waals surface area contributed by atoms with Crippen LogP contribution in [0.5, 0.6) is 0 Å². The summed E-state index contributed by atoms with van der Waals surface area (Å²) in [6.07, 6.45) is 5.06. The second-order valence-electron chi connectivity index (χ2n) is 5.35. The zero-order valence-corrected chi connectivity index (χ0v) is 11.4. The Morgan fingerprint density at radius 1 is 1.56 bits per heavy atom. The van der Waals surface area contributed by atoms with Crippen LogP contribution in [0.15, 0.2) is 5.38 Å². The summed E-state index contributed by atoms with van der Waals surface area (Å²) in [5, 5.41) is 7.04. The largest absolute Gasteiger partial charge is 0.313 e. The van der Waals surface area contributed by atoms with Crippen molar-refractivity contribution in [1.82, 2.24) is 10.3 Å². The number of rotatable bonds is 6. The first-order chi connectivity index (χ1) is 7.61. The second kappa shape index (κ2) is 4.84. The normalized spacial score (nSPS) is 19.7. The monoisotopic (exact) mass is 238 g/mol. The lowest BCUT2D eigenvalue weighted by Gasteiger charge is -2.28. The zero-order valence-electron chi connectivity index (χ0n) is 10.5. The maximum Gasteiger partial charge on any atom is 0.0897 e. The van der Waals surface area contributed by atoms with Crippen LogP contribution in [0, 0.1) is 12.3 Å². The van der Waals surface area contributed by atoms with E-state index in [0.717, 1.165) is 19.0 Å². The molecule has 0 aliphatic heterocycles. The molecule has 0 spiro atoms. The number of hydrogen-bond acceptors (Lipinski definition) is 3. The molecule has 1 N–H and O–H groups in total. The van der Waals surface area contributed by atoms with Crippen LogP contribution in [0.25, 0.3) is 0 Å². The van der Waals surface area contributed by atoms with Crippen molar-refractivity contribution in [3.8, 4) is 0 Å². The minimum Gasteiger partial charge on any atom is -0.313 e. The first-order valence-electron chi connectivity index (χ1n) is 6.26. The highest BCUT2D eigenvalue weighted by molar-refractivity contribution is 7.09. The van der Waals surface area contributed by atoms with Crippen molar-refractivity contribution in [3.63, 3.8) is 0 Å². The number of nitrogens with one attached hydrogen (secondary N) is 1. The molecule has 2 rings (SSSR count). The van der Waals surface area contributed by atoms with Crippen molar-refractivity contribution >= 4 is 11.3 Å². The average molecular weight is 238 g/mol. The van der Waals surface area contributed by atoms with Gasteiger partial charge in [-0.1, -0.05) is 13.8 Å². The predicted molar refractivity (Wildman–Crippen MR) is 70.0 cm³/mol. The summed E-state index contributed by atoms with van der Waals surface area (Å²) in [6, 6.07) is 0.808. The molecular formula is C13H22N2S. The molecule has 1 saturated carbocycles. The topological polar surface area (TPSA) is 24.9 Å². The fraction of sp³-hybridized carbons (Fsp3) is 0.769. The van der Waals surface area contributed by atoms with Crippen LogP contribution in [0.1, 0.15) is 43.8 Å². The van der Waals surface area contributed by atoms with E-state index in [1.807, 2.05) is 0 Å². The Balaban J connectivity index is 1.91. The van der Waals surface area contributed by atoms with Gasteiger partial charge in [0.15, 0.2) is 0 Å². The fourth-order valence-electron chi connectivity index (χ4n) is 1.92. The lowest BCUT2D eigenvalue weighted by Crippen LogP contribution is -2.34. The summed E-state index contributed by atoms with van der Waals surface area (Å²) < 4.78 is 0. The number of aromatic nitrogens is 1. The predicted octanol–water partition coefficient (Wildman–Crippen LogP) is 3.16. The van der Waals surface area contributed by atoms with Gasteiger partial charge in [0, 0.05) is 18.0 Å². The number of hydrogen-bond donors (Lipinski definition) is 1. The van der Waals surface area contributed by atoms with Crippen molar-refractivity contribution in [2.24, 2.45) is 5.41 Å². The smallest absolute Gasteiger partial charge is 0.0897 e. The highest BCUT2D eigenvalue weighted by atomic mass is 32.1. The van der Waals surface area contributed by atoms with Gasteiger partial charge in [0.1, 0.15) is 0 Å². The molecule has 0 aromatic carbocycles. The molecule has 1 aromatic rings. The Morgan fingerprint density at radius 2 is 2.31 bits per heavy atom. The molecule has 1 atom stereocenters. The lowest BCUT2D eigenvalue weighted by molar-refractivity contribution is 0.287. The van der Waals surface area contributed by atoms with E-state index in [2.05, 4.69) is 36.5 Å². The van der Waals surface area contributed by atoms with Gasteiger partial charge in [-0.15, -0.1) is 11.3 Å². The Labute approximate surface area is 102 Å². The molecule has 1 aliphatic rings. The molecule has 90 valence electrons. The Kier molecular flexibility index (Phi) is 3.65. The molecular weight excluding hydrogens is 216 g/mol. The van der Waals surface area contributed by atoms with E-state index in [0.29, 0.717) is 5.41 Å². The minimum atomic E-state index is 0.364. The fourth-order valence-corrected chi connectivity index (χ4v) is 2.53. The third-order valence-corrected chi connectivity index (χ3v) is 4.35. The minimum absolute atomic E-state index is 0.364.